The van der Waals surface area contributed by atoms with Crippen molar-refractivity contribution in [2.75, 3.05) is 26.7 Å². The number of aliphatic hydroxyl groups excluding tert-OH is 1. The molecule has 3 rings (SSSR count). The Morgan fingerprint density at radius 1 is 1.26 bits per heavy atom. The van der Waals surface area contributed by atoms with Crippen molar-refractivity contribution in [3.8, 4) is 17.6 Å². The molecule has 9 heteroatoms. The van der Waals surface area contributed by atoms with Gasteiger partial charge in [-0.2, -0.15) is 4.31 Å². The molecule has 0 radical (unpaired) electrons. The predicted octanol–water partition coefficient (Wildman–Crippen LogP) is 2.77. The van der Waals surface area contributed by atoms with Crippen molar-refractivity contribution in [1.29, 1.82) is 0 Å². The molecule has 2 heterocycles. The molecule has 1 aromatic heterocycles. The number of fused-ring (bicyclic) bond motifs is 1. The number of likely N-dealkylation sites (N-methyl/N-ethyl adjacent to an activating group) is 1. The molecular formula is C26H36N4O4S. The summed E-state index contributed by atoms with van der Waals surface area (Å²) in [6.45, 7) is 9.09. The molecule has 1 aromatic carbocycles. The van der Waals surface area contributed by atoms with Crippen molar-refractivity contribution in [2.24, 2.45) is 11.8 Å². The summed E-state index contributed by atoms with van der Waals surface area (Å²) in [6, 6.07) is 4.45. The fourth-order valence-electron chi connectivity index (χ4n) is 3.97. The van der Waals surface area contributed by atoms with Gasteiger partial charge in [-0.15, -0.1) is 0 Å². The number of hydrogen-bond acceptors (Lipinski definition) is 7. The lowest BCUT2D eigenvalue weighted by Gasteiger charge is -2.37. The highest BCUT2D eigenvalue weighted by Gasteiger charge is 2.38. The quantitative estimate of drug-likeness (QED) is 0.584. The van der Waals surface area contributed by atoms with E-state index < -0.39 is 16.1 Å². The highest BCUT2D eigenvalue weighted by molar-refractivity contribution is 7.89. The number of aliphatic hydroxyl groups is 1. The Morgan fingerprint density at radius 2 is 1.97 bits per heavy atom. The monoisotopic (exact) mass is 500 g/mol. The van der Waals surface area contributed by atoms with Crippen molar-refractivity contribution in [1.82, 2.24) is 19.2 Å². The molecule has 1 aliphatic heterocycles. The number of aromatic nitrogens is 2. The first-order valence-corrected chi connectivity index (χ1v) is 13.4. The second kappa shape index (κ2) is 12.0. The molecule has 0 bridgehead atoms. The lowest BCUT2D eigenvalue weighted by molar-refractivity contribution is 0.0733. The van der Waals surface area contributed by atoms with E-state index in [1.54, 1.807) is 37.5 Å². The zero-order valence-corrected chi connectivity index (χ0v) is 22.0. The highest BCUT2D eigenvalue weighted by Crippen LogP contribution is 2.34. The molecule has 0 amide bonds. The van der Waals surface area contributed by atoms with E-state index in [-0.39, 0.29) is 30.1 Å². The van der Waals surface area contributed by atoms with E-state index in [4.69, 9.17) is 4.74 Å². The first kappa shape index (κ1) is 27.1. The number of benzene rings is 1. The van der Waals surface area contributed by atoms with Crippen LogP contribution in [0.25, 0.3) is 0 Å². The third-order valence-electron chi connectivity index (χ3n) is 5.97. The zero-order valence-electron chi connectivity index (χ0n) is 21.2. The number of ether oxygens (including phenoxy) is 1. The van der Waals surface area contributed by atoms with E-state index in [2.05, 4.69) is 40.6 Å². The summed E-state index contributed by atoms with van der Waals surface area (Å²) in [5.74, 6) is 6.90. The molecule has 190 valence electrons. The first-order valence-electron chi connectivity index (χ1n) is 12.0. The van der Waals surface area contributed by atoms with Crippen molar-refractivity contribution < 1.29 is 18.3 Å². The molecule has 0 saturated heterocycles. The summed E-state index contributed by atoms with van der Waals surface area (Å²) in [7, 11) is -1.88. The summed E-state index contributed by atoms with van der Waals surface area (Å²) in [6.07, 6.45) is 5.53. The third kappa shape index (κ3) is 7.01. The summed E-state index contributed by atoms with van der Waals surface area (Å²) in [5.41, 5.74) is 1.69. The van der Waals surface area contributed by atoms with E-state index in [1.807, 2.05) is 14.0 Å². The van der Waals surface area contributed by atoms with Crippen molar-refractivity contribution >= 4 is 10.0 Å². The molecule has 2 aromatic rings. The van der Waals surface area contributed by atoms with Gasteiger partial charge in [0, 0.05) is 61.5 Å². The van der Waals surface area contributed by atoms with Crippen LogP contribution in [0.2, 0.25) is 0 Å². The van der Waals surface area contributed by atoms with E-state index in [0.717, 1.165) is 12.0 Å². The van der Waals surface area contributed by atoms with Crippen molar-refractivity contribution in [2.45, 2.75) is 57.7 Å². The van der Waals surface area contributed by atoms with Crippen LogP contribution in [0.15, 0.2) is 41.8 Å². The normalized spacial score (nSPS) is 20.8. The lowest BCUT2D eigenvalue weighted by Crippen LogP contribution is -2.49. The van der Waals surface area contributed by atoms with E-state index >= 15 is 0 Å². The van der Waals surface area contributed by atoms with Crippen LogP contribution in [-0.2, 0) is 16.6 Å². The van der Waals surface area contributed by atoms with Crippen molar-refractivity contribution in [3.63, 3.8) is 0 Å². The van der Waals surface area contributed by atoms with Gasteiger partial charge in [-0.3, -0.25) is 4.90 Å². The van der Waals surface area contributed by atoms with Crippen LogP contribution in [0.1, 0.15) is 45.2 Å². The van der Waals surface area contributed by atoms with E-state index in [0.29, 0.717) is 30.3 Å². The van der Waals surface area contributed by atoms with Gasteiger partial charge >= 0.3 is 0 Å². The molecule has 1 N–H and O–H groups in total. The van der Waals surface area contributed by atoms with Gasteiger partial charge in [0.15, 0.2) is 0 Å². The molecule has 1 aliphatic rings. The molecular weight excluding hydrogens is 464 g/mol. The average Bonchev–Trinajstić information content (AvgIpc) is 2.81. The summed E-state index contributed by atoms with van der Waals surface area (Å²) in [5, 5.41) is 9.80. The number of sulfonamides is 1. The number of rotatable bonds is 7. The van der Waals surface area contributed by atoms with Crippen LogP contribution in [-0.4, -0.2) is 71.6 Å². The van der Waals surface area contributed by atoms with E-state index in [9.17, 15) is 13.5 Å². The van der Waals surface area contributed by atoms with Gasteiger partial charge in [0.1, 0.15) is 23.1 Å². The molecule has 0 unspecified atom stereocenters. The predicted molar refractivity (Wildman–Crippen MR) is 135 cm³/mol. The fraction of sp³-hybridized carbons (Fsp3) is 0.538. The Kier molecular flexibility index (Phi) is 9.25. The minimum Gasteiger partial charge on any atom is -0.487 e. The fourth-order valence-corrected chi connectivity index (χ4v) is 5.80. The number of nitrogens with zero attached hydrogens (tertiary/aromatic N) is 4. The number of hydrogen-bond donors (Lipinski definition) is 1. The largest absolute Gasteiger partial charge is 0.487 e. The van der Waals surface area contributed by atoms with Gasteiger partial charge in [-0.25, -0.2) is 18.4 Å². The standard InChI is InChI=1S/C26H36N4O4S/c1-19(2)7-6-8-22-9-10-26-24(11-22)34-25(16-29(5)15-23-12-27-18-28-13-23)20(3)14-30(21(4)17-31)35(26,32)33/h9-13,18-21,25,31H,7,14-17H2,1-5H3/t20-,21-,25-/m0/s1. The maximum Gasteiger partial charge on any atom is 0.247 e. The molecule has 0 saturated carbocycles. The van der Waals surface area contributed by atoms with Gasteiger partial charge in [0.2, 0.25) is 10.0 Å². The van der Waals surface area contributed by atoms with E-state index in [1.165, 1.54) is 10.6 Å². The second-order valence-corrected chi connectivity index (χ2v) is 11.6. The summed E-state index contributed by atoms with van der Waals surface area (Å²) >= 11 is 0. The van der Waals surface area contributed by atoms with Crippen molar-refractivity contribution in [3.05, 3.63) is 48.0 Å². The molecule has 0 spiro atoms. The maximum atomic E-state index is 13.6. The summed E-state index contributed by atoms with van der Waals surface area (Å²) < 4.78 is 35.0. The minimum atomic E-state index is -3.87. The summed E-state index contributed by atoms with van der Waals surface area (Å²) in [4.78, 5) is 10.4. The smallest absolute Gasteiger partial charge is 0.247 e. The molecule has 8 nitrogen and oxygen atoms in total. The Bertz CT molecular complexity index is 1140. The second-order valence-electron chi connectivity index (χ2n) is 9.74. The highest BCUT2D eigenvalue weighted by atomic mass is 32.2. The SMILES string of the molecule is CC(C)CC#Cc1ccc2c(c1)O[C@@H](CN(C)Cc1cncnc1)[C@@H](C)CN([C@@H](C)CO)S2(=O)=O. The minimum absolute atomic E-state index is 0.100. The maximum absolute atomic E-state index is 13.6. The van der Waals surface area contributed by atoms with Crippen LogP contribution in [0.5, 0.6) is 5.75 Å². The van der Waals surface area contributed by atoms with Gasteiger partial charge in [-0.05, 0) is 38.1 Å². The first-order chi connectivity index (χ1) is 16.6. The Labute approximate surface area is 209 Å². The van der Waals surface area contributed by atoms with Crippen LogP contribution >= 0.6 is 0 Å². The Balaban J connectivity index is 1.97. The Morgan fingerprint density at radius 3 is 2.63 bits per heavy atom. The Hall–Kier alpha value is -2.51. The van der Waals surface area contributed by atoms with Gasteiger partial charge in [0.25, 0.3) is 0 Å². The molecule has 0 aliphatic carbocycles. The van der Waals surface area contributed by atoms with Gasteiger partial charge in [0.05, 0.1) is 6.61 Å². The zero-order chi connectivity index (χ0) is 25.6. The average molecular weight is 501 g/mol. The van der Waals surface area contributed by atoms with Gasteiger partial charge in [-0.1, -0.05) is 32.6 Å². The lowest BCUT2D eigenvalue weighted by atomic mass is 10.0. The van der Waals surface area contributed by atoms with Gasteiger partial charge < -0.3 is 9.84 Å². The molecule has 35 heavy (non-hydrogen) atoms. The third-order valence-corrected chi connectivity index (χ3v) is 7.99. The molecule has 0 fully saturated rings. The van der Waals surface area contributed by atoms with Crippen LogP contribution in [0.3, 0.4) is 0 Å². The van der Waals surface area contributed by atoms with Crippen LogP contribution in [0, 0.1) is 23.7 Å². The van der Waals surface area contributed by atoms with Crippen LogP contribution in [0.4, 0.5) is 0 Å². The molecule has 3 atom stereocenters. The van der Waals surface area contributed by atoms with Crippen LogP contribution < -0.4 is 4.74 Å². The topological polar surface area (TPSA) is 95.9 Å².